The van der Waals surface area contributed by atoms with Gasteiger partial charge in [-0.15, -0.1) is 0 Å². The number of hydrogen-bond acceptors (Lipinski definition) is 3. The van der Waals surface area contributed by atoms with Gasteiger partial charge in [0.2, 0.25) is 0 Å². The Hall–Kier alpha value is -1.75. The highest BCUT2D eigenvalue weighted by Crippen LogP contribution is 2.36. The van der Waals surface area contributed by atoms with Gasteiger partial charge in [-0.2, -0.15) is 0 Å². The monoisotopic (exact) mass is 269 g/mol. The molecule has 1 aliphatic heterocycles. The molecule has 0 spiro atoms. The van der Waals surface area contributed by atoms with Crippen LogP contribution in [0.15, 0.2) is 18.2 Å². The molecule has 1 aromatic rings. The first-order chi connectivity index (χ1) is 8.59. The maximum absolute atomic E-state index is 11.2. The molecule has 1 aliphatic rings. The summed E-state index contributed by atoms with van der Waals surface area (Å²) < 4.78 is 5.52. The van der Waals surface area contributed by atoms with E-state index in [2.05, 4.69) is 5.32 Å². The molecule has 2 rings (SSSR count). The third-order valence-electron chi connectivity index (χ3n) is 2.76. The zero-order chi connectivity index (χ0) is 13.1. The molecule has 96 valence electrons. The number of benzene rings is 1. The first-order valence-electron chi connectivity index (χ1n) is 5.54. The number of aliphatic carboxylic acids is 1. The average molecular weight is 270 g/mol. The van der Waals surface area contributed by atoms with Crippen LogP contribution in [-0.2, 0) is 9.59 Å². The van der Waals surface area contributed by atoms with Gasteiger partial charge in [-0.05, 0) is 18.9 Å². The van der Waals surface area contributed by atoms with Crippen LogP contribution in [0.2, 0.25) is 5.02 Å². The van der Waals surface area contributed by atoms with Crippen molar-refractivity contribution in [3.05, 3.63) is 28.8 Å². The molecular weight excluding hydrogens is 258 g/mol. The summed E-state index contributed by atoms with van der Waals surface area (Å²) in [4.78, 5) is 21.8. The van der Waals surface area contributed by atoms with Gasteiger partial charge in [-0.1, -0.05) is 23.7 Å². The van der Waals surface area contributed by atoms with Crippen LogP contribution in [0.5, 0.6) is 5.75 Å². The molecule has 0 radical (unpaired) electrons. The third-order valence-corrected chi connectivity index (χ3v) is 3.05. The zero-order valence-electron chi connectivity index (χ0n) is 9.48. The molecule has 0 fully saturated rings. The SMILES string of the molecule is O=C(O)C(=O)NC1CCCOc2c(Cl)cccc21. The van der Waals surface area contributed by atoms with Crippen LogP contribution in [0, 0.1) is 0 Å². The van der Waals surface area contributed by atoms with E-state index >= 15 is 0 Å². The Labute approximate surface area is 109 Å². The number of nitrogens with one attached hydrogen (secondary N) is 1. The summed E-state index contributed by atoms with van der Waals surface area (Å²) >= 11 is 6.03. The number of amides is 1. The first-order valence-corrected chi connectivity index (χ1v) is 5.92. The van der Waals surface area contributed by atoms with E-state index in [1.165, 1.54) is 0 Å². The molecule has 18 heavy (non-hydrogen) atoms. The number of carboxylic acid groups (broad SMARTS) is 1. The van der Waals surface area contributed by atoms with Gasteiger partial charge in [0, 0.05) is 5.56 Å². The van der Waals surface area contributed by atoms with Crippen molar-refractivity contribution in [3.8, 4) is 5.75 Å². The number of para-hydroxylation sites is 1. The molecule has 1 atom stereocenters. The zero-order valence-corrected chi connectivity index (χ0v) is 10.2. The van der Waals surface area contributed by atoms with Crippen molar-refractivity contribution in [1.82, 2.24) is 5.32 Å². The van der Waals surface area contributed by atoms with Crippen LogP contribution >= 0.6 is 11.6 Å². The van der Waals surface area contributed by atoms with Crippen molar-refractivity contribution in [3.63, 3.8) is 0 Å². The average Bonchev–Trinajstić information content (AvgIpc) is 2.53. The molecule has 0 aromatic heterocycles. The van der Waals surface area contributed by atoms with E-state index < -0.39 is 11.9 Å². The molecule has 2 N–H and O–H groups in total. The summed E-state index contributed by atoms with van der Waals surface area (Å²) in [5.74, 6) is -2.00. The number of carboxylic acids is 1. The normalized spacial score (nSPS) is 18.2. The Morgan fingerprint density at radius 2 is 2.22 bits per heavy atom. The van der Waals surface area contributed by atoms with Crippen molar-refractivity contribution in [2.45, 2.75) is 18.9 Å². The van der Waals surface area contributed by atoms with E-state index in [-0.39, 0.29) is 6.04 Å². The Kier molecular flexibility index (Phi) is 3.72. The summed E-state index contributed by atoms with van der Waals surface area (Å²) in [5, 5.41) is 11.5. The van der Waals surface area contributed by atoms with Crippen LogP contribution in [0.3, 0.4) is 0 Å². The fourth-order valence-corrected chi connectivity index (χ4v) is 2.18. The lowest BCUT2D eigenvalue weighted by atomic mass is 10.0. The Bertz CT molecular complexity index is 489. The topological polar surface area (TPSA) is 75.6 Å². The van der Waals surface area contributed by atoms with Crippen molar-refractivity contribution < 1.29 is 19.4 Å². The highest BCUT2D eigenvalue weighted by atomic mass is 35.5. The molecular formula is C12H12ClNO4. The fraction of sp³-hybridized carbons (Fsp3) is 0.333. The predicted molar refractivity (Wildman–Crippen MR) is 64.7 cm³/mol. The molecule has 1 unspecified atom stereocenters. The van der Waals surface area contributed by atoms with Gasteiger partial charge in [-0.25, -0.2) is 4.79 Å². The van der Waals surface area contributed by atoms with Gasteiger partial charge in [0.05, 0.1) is 17.7 Å². The molecule has 5 nitrogen and oxygen atoms in total. The van der Waals surface area contributed by atoms with E-state index in [4.69, 9.17) is 21.4 Å². The molecule has 1 amide bonds. The smallest absolute Gasteiger partial charge is 0.394 e. The standard InChI is InChI=1S/C12H12ClNO4/c13-8-4-1-3-7-9(14-11(15)12(16)17)5-2-6-18-10(7)8/h1,3-4,9H,2,5-6H2,(H,14,15)(H,16,17). The van der Waals surface area contributed by atoms with E-state index in [1.54, 1.807) is 18.2 Å². The summed E-state index contributed by atoms with van der Waals surface area (Å²) in [6.45, 7) is 0.496. The minimum absolute atomic E-state index is 0.384. The number of halogens is 1. The van der Waals surface area contributed by atoms with Gasteiger partial charge < -0.3 is 15.2 Å². The minimum Gasteiger partial charge on any atom is -0.492 e. The van der Waals surface area contributed by atoms with Crippen LogP contribution < -0.4 is 10.1 Å². The summed E-state index contributed by atoms with van der Waals surface area (Å²) in [7, 11) is 0. The van der Waals surface area contributed by atoms with Crippen LogP contribution in [0.1, 0.15) is 24.4 Å². The fourth-order valence-electron chi connectivity index (χ4n) is 1.94. The predicted octanol–water partition coefficient (Wildman–Crippen LogP) is 1.75. The summed E-state index contributed by atoms with van der Waals surface area (Å²) in [6, 6.07) is 4.83. The molecule has 0 saturated heterocycles. The molecule has 0 bridgehead atoms. The van der Waals surface area contributed by atoms with Crippen LogP contribution in [0.4, 0.5) is 0 Å². The van der Waals surface area contributed by atoms with E-state index in [0.29, 0.717) is 23.8 Å². The lowest BCUT2D eigenvalue weighted by Gasteiger charge is -2.17. The van der Waals surface area contributed by atoms with Gasteiger partial charge >= 0.3 is 11.9 Å². The second-order valence-electron chi connectivity index (χ2n) is 3.98. The lowest BCUT2D eigenvalue weighted by molar-refractivity contribution is -0.150. The van der Waals surface area contributed by atoms with Crippen molar-refractivity contribution in [2.75, 3.05) is 6.61 Å². The van der Waals surface area contributed by atoms with E-state index in [0.717, 1.165) is 12.0 Å². The number of fused-ring (bicyclic) bond motifs is 1. The molecule has 1 heterocycles. The summed E-state index contributed by atoms with van der Waals surface area (Å²) in [5.41, 5.74) is 0.717. The Balaban J connectivity index is 2.30. The molecule has 0 aliphatic carbocycles. The number of hydrogen-bond donors (Lipinski definition) is 2. The van der Waals surface area contributed by atoms with Crippen LogP contribution in [0.25, 0.3) is 0 Å². The molecule has 6 heteroatoms. The Morgan fingerprint density at radius 1 is 1.44 bits per heavy atom. The van der Waals surface area contributed by atoms with Crippen molar-refractivity contribution in [1.29, 1.82) is 0 Å². The van der Waals surface area contributed by atoms with Gasteiger partial charge in [0.15, 0.2) is 0 Å². The maximum Gasteiger partial charge on any atom is 0.394 e. The lowest BCUT2D eigenvalue weighted by Crippen LogP contribution is -2.34. The molecule has 1 aromatic carbocycles. The number of carbonyl (C=O) groups is 2. The van der Waals surface area contributed by atoms with E-state index in [9.17, 15) is 9.59 Å². The second-order valence-corrected chi connectivity index (χ2v) is 4.39. The minimum atomic E-state index is -1.50. The summed E-state index contributed by atoms with van der Waals surface area (Å²) in [6.07, 6.45) is 1.34. The second kappa shape index (κ2) is 5.27. The quantitative estimate of drug-likeness (QED) is 0.762. The molecule has 0 saturated carbocycles. The largest absolute Gasteiger partial charge is 0.492 e. The number of ether oxygens (including phenoxy) is 1. The first kappa shape index (κ1) is 12.7. The maximum atomic E-state index is 11.2. The highest BCUT2D eigenvalue weighted by Gasteiger charge is 2.25. The Morgan fingerprint density at radius 3 is 2.94 bits per heavy atom. The van der Waals surface area contributed by atoms with Crippen molar-refractivity contribution >= 4 is 23.5 Å². The van der Waals surface area contributed by atoms with Gasteiger partial charge in [-0.3, -0.25) is 4.79 Å². The highest BCUT2D eigenvalue weighted by molar-refractivity contribution is 6.32. The number of rotatable bonds is 1. The van der Waals surface area contributed by atoms with Crippen molar-refractivity contribution in [2.24, 2.45) is 0 Å². The van der Waals surface area contributed by atoms with Gasteiger partial charge in [0.25, 0.3) is 0 Å². The van der Waals surface area contributed by atoms with Gasteiger partial charge in [0.1, 0.15) is 5.75 Å². The number of carbonyl (C=O) groups excluding carboxylic acids is 1. The third kappa shape index (κ3) is 2.56. The van der Waals surface area contributed by atoms with Crippen LogP contribution in [-0.4, -0.2) is 23.6 Å². The van der Waals surface area contributed by atoms with E-state index in [1.807, 2.05) is 0 Å².